The summed E-state index contributed by atoms with van der Waals surface area (Å²) in [5.41, 5.74) is 0.740. The number of nitrogens with zero attached hydrogens (tertiary/aromatic N) is 3. The molecule has 2 atom stereocenters. The second-order valence-corrected chi connectivity index (χ2v) is 9.39. The molecule has 0 spiro atoms. The molecule has 2 aliphatic heterocycles. The zero-order chi connectivity index (χ0) is 25.6. The summed E-state index contributed by atoms with van der Waals surface area (Å²) >= 11 is 5.63. The Balaban J connectivity index is 0.000000261. The van der Waals surface area contributed by atoms with Crippen LogP contribution in [-0.4, -0.2) is 61.4 Å². The number of rotatable bonds is 5. The Kier molecular flexibility index (Phi) is 9.09. The Bertz CT molecular complexity index is 1080. The minimum atomic E-state index is -0.743. The molecule has 6 nitrogen and oxygen atoms in total. The second kappa shape index (κ2) is 11.8. The minimum Gasteiger partial charge on any atom is -0.349 e. The van der Waals surface area contributed by atoms with E-state index >= 15 is 0 Å². The molecule has 2 saturated heterocycles. The van der Waals surface area contributed by atoms with E-state index in [1.807, 2.05) is 25.1 Å². The topological polar surface area (TPSA) is 73.6 Å². The van der Waals surface area contributed by atoms with Gasteiger partial charge in [0.15, 0.2) is 12.6 Å². The third kappa shape index (κ3) is 6.71. The molecular formula is C26H28ClF2N3O3. The maximum absolute atomic E-state index is 13.5. The number of piperidine rings is 1. The van der Waals surface area contributed by atoms with Gasteiger partial charge in [-0.3, -0.25) is 9.69 Å². The van der Waals surface area contributed by atoms with Crippen molar-refractivity contribution >= 4 is 24.2 Å². The summed E-state index contributed by atoms with van der Waals surface area (Å²) in [6, 6.07) is 9.98. The van der Waals surface area contributed by atoms with Gasteiger partial charge in [-0.15, -0.1) is 0 Å². The van der Waals surface area contributed by atoms with Crippen molar-refractivity contribution in [3.05, 3.63) is 69.7 Å². The number of benzene rings is 2. The first kappa shape index (κ1) is 26.9. The Morgan fingerprint density at radius 3 is 2.29 bits per heavy atom. The van der Waals surface area contributed by atoms with Crippen LogP contribution in [-0.2, 0) is 9.53 Å². The van der Waals surface area contributed by atoms with Gasteiger partial charge in [0.25, 0.3) is 0 Å². The number of aldehydes is 2. The lowest BCUT2D eigenvalue weighted by Gasteiger charge is -2.40. The van der Waals surface area contributed by atoms with Crippen LogP contribution < -0.4 is 0 Å². The molecule has 2 heterocycles. The van der Waals surface area contributed by atoms with E-state index in [1.165, 1.54) is 24.3 Å². The van der Waals surface area contributed by atoms with Gasteiger partial charge >= 0.3 is 0 Å². The minimum absolute atomic E-state index is 0.102. The van der Waals surface area contributed by atoms with Crippen LogP contribution in [0.1, 0.15) is 53.2 Å². The van der Waals surface area contributed by atoms with Crippen molar-refractivity contribution in [1.82, 2.24) is 9.80 Å². The first-order valence-corrected chi connectivity index (χ1v) is 11.7. The Labute approximate surface area is 209 Å². The molecule has 0 aliphatic carbocycles. The third-order valence-electron chi connectivity index (χ3n) is 6.58. The molecule has 0 N–H and O–H groups in total. The molecule has 0 aromatic heterocycles. The summed E-state index contributed by atoms with van der Waals surface area (Å²) in [6.45, 7) is 1.65. The highest BCUT2D eigenvalue weighted by atomic mass is 35.5. The van der Waals surface area contributed by atoms with E-state index in [0.29, 0.717) is 40.8 Å². The maximum atomic E-state index is 13.5. The Morgan fingerprint density at radius 2 is 1.74 bits per heavy atom. The van der Waals surface area contributed by atoms with Gasteiger partial charge in [-0.2, -0.15) is 5.26 Å². The molecule has 0 radical (unpaired) electrons. The van der Waals surface area contributed by atoms with Crippen LogP contribution >= 0.6 is 11.6 Å². The van der Waals surface area contributed by atoms with Gasteiger partial charge in [0, 0.05) is 30.8 Å². The lowest BCUT2D eigenvalue weighted by molar-refractivity contribution is -0.167. The fourth-order valence-corrected chi connectivity index (χ4v) is 4.67. The number of hydrogen-bond donors (Lipinski definition) is 0. The zero-order valence-electron chi connectivity index (χ0n) is 19.7. The lowest BCUT2D eigenvalue weighted by atomic mass is 9.93. The van der Waals surface area contributed by atoms with E-state index in [1.54, 1.807) is 6.07 Å². The predicted molar refractivity (Wildman–Crippen MR) is 128 cm³/mol. The van der Waals surface area contributed by atoms with E-state index in [9.17, 15) is 18.4 Å². The first-order chi connectivity index (χ1) is 16.7. The second-order valence-electron chi connectivity index (χ2n) is 8.99. The molecule has 2 aromatic rings. The van der Waals surface area contributed by atoms with E-state index in [4.69, 9.17) is 21.6 Å². The fourth-order valence-electron chi connectivity index (χ4n) is 4.44. The smallest absolute Gasteiger partial charge is 0.152 e. The number of likely N-dealkylation sites (tertiary alicyclic amines) is 2. The van der Waals surface area contributed by atoms with Crippen LogP contribution in [0.5, 0.6) is 0 Å². The third-order valence-corrected chi connectivity index (χ3v) is 6.91. The van der Waals surface area contributed by atoms with Gasteiger partial charge in [0.05, 0.1) is 16.7 Å². The monoisotopic (exact) mass is 503 g/mol. The van der Waals surface area contributed by atoms with E-state index in [-0.39, 0.29) is 12.3 Å². The van der Waals surface area contributed by atoms with Crippen molar-refractivity contribution in [2.24, 2.45) is 0 Å². The van der Waals surface area contributed by atoms with Gasteiger partial charge in [-0.05, 0) is 75.7 Å². The highest BCUT2D eigenvalue weighted by Gasteiger charge is 2.41. The van der Waals surface area contributed by atoms with Crippen molar-refractivity contribution in [2.75, 3.05) is 27.2 Å². The Morgan fingerprint density at radius 1 is 1.09 bits per heavy atom. The number of carbonyl (C=O) groups excluding carboxylic acids is 2. The first-order valence-electron chi connectivity index (χ1n) is 11.4. The largest absolute Gasteiger partial charge is 0.349 e. The Hall–Kier alpha value is -2.70. The average Bonchev–Trinajstić information content (AvgIpc) is 3.20. The number of hydrogen-bond acceptors (Lipinski definition) is 6. The molecule has 0 bridgehead atoms. The van der Waals surface area contributed by atoms with Crippen molar-refractivity contribution in [3.63, 3.8) is 0 Å². The molecule has 0 amide bonds. The van der Waals surface area contributed by atoms with Gasteiger partial charge in [0.1, 0.15) is 23.5 Å². The van der Waals surface area contributed by atoms with Crippen LogP contribution in [0.2, 0.25) is 5.02 Å². The molecule has 35 heavy (non-hydrogen) atoms. The molecule has 2 unspecified atom stereocenters. The molecule has 2 fully saturated rings. The summed E-state index contributed by atoms with van der Waals surface area (Å²) < 4.78 is 33.2. The molecule has 186 valence electrons. The summed E-state index contributed by atoms with van der Waals surface area (Å²) in [4.78, 5) is 26.1. The van der Waals surface area contributed by atoms with Gasteiger partial charge < -0.3 is 14.4 Å². The molecule has 0 saturated carbocycles. The van der Waals surface area contributed by atoms with E-state index in [2.05, 4.69) is 4.90 Å². The standard InChI is InChI=1S/C18H24F2N2O2.C8H4ClNO/c1-21-7-5-18(12-23,6-8-21)24-17-4-3-16(22(17)2)13-9-14(19)11-15(20)10-13;9-8-3-6(4-10)1-2-7(8)5-11/h9-12,16-17H,3-8H2,1-2H3;1-3,5H. The molecule has 2 aliphatic rings. The maximum Gasteiger partial charge on any atom is 0.152 e. The van der Waals surface area contributed by atoms with Crippen LogP contribution in [0.15, 0.2) is 36.4 Å². The van der Waals surface area contributed by atoms with Gasteiger partial charge in [0.2, 0.25) is 0 Å². The number of carbonyl (C=O) groups is 2. The van der Waals surface area contributed by atoms with Gasteiger partial charge in [-0.1, -0.05) is 11.6 Å². The summed E-state index contributed by atoms with van der Waals surface area (Å²) in [5.74, 6) is -1.13. The zero-order valence-corrected chi connectivity index (χ0v) is 20.5. The van der Waals surface area contributed by atoms with E-state index < -0.39 is 17.2 Å². The quantitative estimate of drug-likeness (QED) is 0.548. The molecule has 2 aromatic carbocycles. The number of ether oxygens (including phenoxy) is 1. The summed E-state index contributed by atoms with van der Waals surface area (Å²) in [6.07, 6.45) is 4.22. The number of halogens is 3. The average molecular weight is 504 g/mol. The highest BCUT2D eigenvalue weighted by molar-refractivity contribution is 6.33. The van der Waals surface area contributed by atoms with Crippen LogP contribution in [0.4, 0.5) is 8.78 Å². The summed E-state index contributed by atoms with van der Waals surface area (Å²) in [7, 11) is 3.92. The van der Waals surface area contributed by atoms with Crippen molar-refractivity contribution in [1.29, 1.82) is 5.26 Å². The molecule has 4 rings (SSSR count). The van der Waals surface area contributed by atoms with Crippen molar-refractivity contribution in [2.45, 2.75) is 43.6 Å². The predicted octanol–water partition coefficient (Wildman–Crippen LogP) is 4.76. The molecular weight excluding hydrogens is 476 g/mol. The normalized spacial score (nSPS) is 22.1. The lowest BCUT2D eigenvalue weighted by Crippen LogP contribution is -2.49. The van der Waals surface area contributed by atoms with Crippen molar-refractivity contribution in [3.8, 4) is 6.07 Å². The van der Waals surface area contributed by atoms with Crippen LogP contribution in [0, 0.1) is 23.0 Å². The van der Waals surface area contributed by atoms with E-state index in [0.717, 1.165) is 38.3 Å². The molecule has 9 heteroatoms. The van der Waals surface area contributed by atoms with Crippen LogP contribution in [0.25, 0.3) is 0 Å². The van der Waals surface area contributed by atoms with Gasteiger partial charge in [-0.25, -0.2) is 8.78 Å². The van der Waals surface area contributed by atoms with Crippen molar-refractivity contribution < 1.29 is 23.1 Å². The van der Waals surface area contributed by atoms with Crippen LogP contribution in [0.3, 0.4) is 0 Å². The highest BCUT2D eigenvalue weighted by Crippen LogP contribution is 2.38. The SMILES string of the molecule is CN1CCC(C=O)(OC2CCC(c3cc(F)cc(F)c3)N2C)CC1.N#Cc1ccc(C=O)c(Cl)c1. The number of nitriles is 1. The summed E-state index contributed by atoms with van der Waals surface area (Å²) in [5, 5.41) is 8.75. The fraction of sp³-hybridized carbons (Fsp3) is 0.423.